The molecule has 0 bridgehead atoms. The highest BCUT2D eigenvalue weighted by molar-refractivity contribution is 6.01. The van der Waals surface area contributed by atoms with Gasteiger partial charge < -0.3 is 19.7 Å². The highest BCUT2D eigenvalue weighted by Crippen LogP contribution is 2.33. The van der Waals surface area contributed by atoms with E-state index in [9.17, 15) is 4.79 Å². The molecule has 1 aromatic heterocycles. The number of ether oxygens (including phenoxy) is 1. The molecule has 0 atom stereocenters. The number of nitrogens with zero attached hydrogens (tertiary/aromatic N) is 1. The lowest BCUT2D eigenvalue weighted by Crippen LogP contribution is -2.13. The molecular formula is C25H24N2O4. The fourth-order valence-corrected chi connectivity index (χ4v) is 3.70. The summed E-state index contributed by atoms with van der Waals surface area (Å²) in [5, 5.41) is 13.4. The van der Waals surface area contributed by atoms with E-state index in [1.165, 1.54) is 0 Å². The summed E-state index contributed by atoms with van der Waals surface area (Å²) in [5.41, 5.74) is 6.08. The minimum atomic E-state index is -0.988. The average Bonchev–Trinajstić information content (AvgIpc) is 3.31. The molecule has 0 fully saturated rings. The Morgan fingerprint density at radius 2 is 1.97 bits per heavy atom. The topological polar surface area (TPSA) is 83.9 Å². The van der Waals surface area contributed by atoms with Crippen molar-refractivity contribution in [1.82, 2.24) is 4.98 Å². The lowest BCUT2D eigenvalue weighted by molar-refractivity contribution is -0.139. The standard InChI is InChI=1S/C25H24N2O4/c28-25(29)17-30-24-11-5-9-21-20(8-4-10-22(21)24)16-31-27-23(14-18-12-13-26-15-18)19-6-2-1-3-7-19/h1-3,5-9,11-13,15,26H,4,10,14,16-17H2,(H,28,29). The van der Waals surface area contributed by atoms with Crippen molar-refractivity contribution in [2.45, 2.75) is 19.3 Å². The minimum Gasteiger partial charge on any atom is -0.482 e. The number of carboxylic acid groups (broad SMARTS) is 1. The largest absolute Gasteiger partial charge is 0.482 e. The van der Waals surface area contributed by atoms with Gasteiger partial charge >= 0.3 is 5.97 Å². The van der Waals surface area contributed by atoms with Gasteiger partial charge in [-0.15, -0.1) is 0 Å². The van der Waals surface area contributed by atoms with E-state index in [-0.39, 0.29) is 6.61 Å². The second-order valence-electron chi connectivity index (χ2n) is 7.31. The number of hydrogen-bond donors (Lipinski definition) is 2. The van der Waals surface area contributed by atoms with E-state index in [4.69, 9.17) is 14.7 Å². The number of benzene rings is 2. The fraction of sp³-hybridized carbons (Fsp3) is 0.200. The van der Waals surface area contributed by atoms with Crippen LogP contribution in [-0.4, -0.2) is 35.0 Å². The van der Waals surface area contributed by atoms with Crippen LogP contribution in [0.3, 0.4) is 0 Å². The van der Waals surface area contributed by atoms with Crippen molar-refractivity contribution < 1.29 is 19.5 Å². The monoisotopic (exact) mass is 416 g/mol. The smallest absolute Gasteiger partial charge is 0.341 e. The molecular weight excluding hydrogens is 392 g/mol. The van der Waals surface area contributed by atoms with Crippen molar-refractivity contribution in [3.63, 3.8) is 0 Å². The summed E-state index contributed by atoms with van der Waals surface area (Å²) >= 11 is 0. The molecule has 0 radical (unpaired) electrons. The molecule has 31 heavy (non-hydrogen) atoms. The molecule has 1 aliphatic carbocycles. The van der Waals surface area contributed by atoms with Gasteiger partial charge in [0.15, 0.2) is 6.61 Å². The second-order valence-corrected chi connectivity index (χ2v) is 7.31. The van der Waals surface area contributed by atoms with Crippen LogP contribution in [0.15, 0.2) is 78.2 Å². The molecule has 2 N–H and O–H groups in total. The first-order chi connectivity index (χ1) is 15.2. The van der Waals surface area contributed by atoms with Gasteiger partial charge in [-0.05, 0) is 47.2 Å². The van der Waals surface area contributed by atoms with Crippen LogP contribution in [-0.2, 0) is 22.5 Å². The van der Waals surface area contributed by atoms with E-state index in [1.54, 1.807) is 0 Å². The predicted octanol–water partition coefficient (Wildman–Crippen LogP) is 4.47. The van der Waals surface area contributed by atoms with Crippen molar-refractivity contribution >= 4 is 17.3 Å². The van der Waals surface area contributed by atoms with Crippen molar-refractivity contribution in [2.75, 3.05) is 13.2 Å². The molecule has 4 rings (SSSR count). The Kier molecular flexibility index (Phi) is 6.47. The summed E-state index contributed by atoms with van der Waals surface area (Å²) in [5.74, 6) is -0.371. The van der Waals surface area contributed by atoms with Crippen molar-refractivity contribution in [3.05, 3.63) is 95.3 Å². The molecule has 0 amide bonds. The van der Waals surface area contributed by atoms with Crippen LogP contribution in [0.2, 0.25) is 0 Å². The van der Waals surface area contributed by atoms with Gasteiger partial charge in [0.05, 0.1) is 5.71 Å². The highest BCUT2D eigenvalue weighted by atomic mass is 16.6. The number of nitrogens with one attached hydrogen (secondary N) is 1. The zero-order chi connectivity index (χ0) is 21.5. The number of aromatic nitrogens is 1. The number of oxime groups is 1. The molecule has 2 aromatic carbocycles. The van der Waals surface area contributed by atoms with Crippen LogP contribution < -0.4 is 4.74 Å². The zero-order valence-corrected chi connectivity index (χ0v) is 17.1. The number of fused-ring (bicyclic) bond motifs is 1. The Balaban J connectivity index is 1.50. The lowest BCUT2D eigenvalue weighted by atomic mass is 9.90. The third kappa shape index (κ3) is 5.22. The van der Waals surface area contributed by atoms with E-state index in [0.717, 1.165) is 46.4 Å². The molecule has 3 aromatic rings. The third-order valence-electron chi connectivity index (χ3n) is 5.15. The Hall–Kier alpha value is -3.80. The number of hydrogen-bond acceptors (Lipinski definition) is 4. The maximum absolute atomic E-state index is 10.9. The number of carboxylic acids is 1. The number of allylic oxidation sites excluding steroid dienone is 1. The van der Waals surface area contributed by atoms with Gasteiger partial charge in [-0.1, -0.05) is 53.7 Å². The maximum Gasteiger partial charge on any atom is 0.341 e. The van der Waals surface area contributed by atoms with Gasteiger partial charge in [0.1, 0.15) is 12.4 Å². The van der Waals surface area contributed by atoms with E-state index in [1.807, 2.05) is 67.0 Å². The molecule has 0 unspecified atom stereocenters. The molecule has 1 aliphatic rings. The van der Waals surface area contributed by atoms with Crippen molar-refractivity contribution in [2.24, 2.45) is 5.16 Å². The van der Waals surface area contributed by atoms with Crippen LogP contribution in [0.5, 0.6) is 5.75 Å². The number of H-pyrrole nitrogens is 1. The Bertz CT molecular complexity index is 1090. The molecule has 1 heterocycles. The van der Waals surface area contributed by atoms with Crippen LogP contribution in [0.1, 0.15) is 28.7 Å². The molecule has 0 spiro atoms. The third-order valence-corrected chi connectivity index (χ3v) is 5.15. The van der Waals surface area contributed by atoms with Crippen LogP contribution in [0, 0.1) is 0 Å². The summed E-state index contributed by atoms with van der Waals surface area (Å²) in [4.78, 5) is 19.8. The molecule has 6 nitrogen and oxygen atoms in total. The van der Waals surface area contributed by atoms with E-state index < -0.39 is 5.97 Å². The van der Waals surface area contributed by atoms with Crippen molar-refractivity contribution in [1.29, 1.82) is 0 Å². The van der Waals surface area contributed by atoms with Gasteiger partial charge in [0, 0.05) is 24.4 Å². The van der Waals surface area contributed by atoms with Gasteiger partial charge in [-0.25, -0.2) is 4.79 Å². The minimum absolute atomic E-state index is 0.332. The van der Waals surface area contributed by atoms with Crippen LogP contribution in [0.25, 0.3) is 5.57 Å². The van der Waals surface area contributed by atoms with Gasteiger partial charge in [-0.3, -0.25) is 0 Å². The summed E-state index contributed by atoms with van der Waals surface area (Å²) < 4.78 is 5.48. The number of rotatable bonds is 9. The number of aliphatic carboxylic acids is 1. The zero-order valence-electron chi connectivity index (χ0n) is 17.1. The summed E-state index contributed by atoms with van der Waals surface area (Å²) in [6, 6.07) is 17.7. The molecule has 0 aliphatic heterocycles. The SMILES string of the molecule is O=C(O)COc1cccc2c1CCC=C2CON=C(Cc1cc[nH]c1)c1ccccc1. The van der Waals surface area contributed by atoms with Gasteiger partial charge in [-0.2, -0.15) is 0 Å². The predicted molar refractivity (Wildman–Crippen MR) is 119 cm³/mol. The first kappa shape index (κ1) is 20.5. The first-order valence-electron chi connectivity index (χ1n) is 10.2. The van der Waals surface area contributed by atoms with Gasteiger partial charge in [0.25, 0.3) is 0 Å². The Morgan fingerprint density at radius 3 is 2.74 bits per heavy atom. The molecule has 6 heteroatoms. The first-order valence-corrected chi connectivity index (χ1v) is 10.2. The van der Waals surface area contributed by atoms with Gasteiger partial charge in [0.2, 0.25) is 0 Å². The summed E-state index contributed by atoms with van der Waals surface area (Å²) in [6.07, 6.45) is 8.31. The highest BCUT2D eigenvalue weighted by Gasteiger charge is 2.18. The van der Waals surface area contributed by atoms with Crippen molar-refractivity contribution in [3.8, 4) is 5.75 Å². The Morgan fingerprint density at radius 1 is 1.10 bits per heavy atom. The van der Waals surface area contributed by atoms with E-state index in [2.05, 4.69) is 16.2 Å². The normalized spacial score (nSPS) is 13.3. The maximum atomic E-state index is 10.9. The molecule has 0 saturated heterocycles. The summed E-state index contributed by atoms with van der Waals surface area (Å²) in [7, 11) is 0. The molecule has 0 saturated carbocycles. The lowest BCUT2D eigenvalue weighted by Gasteiger charge is -2.20. The molecule has 158 valence electrons. The van der Waals surface area contributed by atoms with Crippen LogP contribution >= 0.6 is 0 Å². The number of aromatic amines is 1. The summed E-state index contributed by atoms with van der Waals surface area (Å²) in [6.45, 7) is -0.0191. The second kappa shape index (κ2) is 9.80. The van der Waals surface area contributed by atoms with Crippen LogP contribution in [0.4, 0.5) is 0 Å². The van der Waals surface area contributed by atoms with E-state index >= 15 is 0 Å². The quantitative estimate of drug-likeness (QED) is 0.398. The number of carbonyl (C=O) groups is 1. The van der Waals surface area contributed by atoms with E-state index in [0.29, 0.717) is 18.8 Å². The average molecular weight is 416 g/mol. The Labute approximate surface area is 180 Å². The fourth-order valence-electron chi connectivity index (χ4n) is 3.70.